The number of carbonyl (C=O) groups is 1. The third kappa shape index (κ3) is 24.5. The van der Waals surface area contributed by atoms with E-state index in [0.29, 0.717) is 19.3 Å². The van der Waals surface area contributed by atoms with Gasteiger partial charge in [0.2, 0.25) is 10.4 Å². The second kappa shape index (κ2) is 20.3. The van der Waals surface area contributed by atoms with Gasteiger partial charge in [0, 0.05) is 6.42 Å². The molecular weight excluding hydrogens is 403 g/mol. The summed E-state index contributed by atoms with van der Waals surface area (Å²) in [6.45, 7) is 5.86. The quantitative estimate of drug-likeness (QED) is 0.1000. The van der Waals surface area contributed by atoms with Crippen molar-refractivity contribution < 1.29 is 56.2 Å². The maximum Gasteiger partial charge on any atom is 1.00 e. The van der Waals surface area contributed by atoms with Crippen molar-refractivity contribution in [1.29, 1.82) is 0 Å². The molecule has 1 unspecified atom stereocenters. The molecule has 0 saturated heterocycles. The van der Waals surface area contributed by atoms with Gasteiger partial charge < -0.3 is 9.29 Å². The molecule has 0 aromatic carbocycles. The summed E-state index contributed by atoms with van der Waals surface area (Å²) in [5.41, 5.74) is 0. The van der Waals surface area contributed by atoms with Crippen LogP contribution in [0.3, 0.4) is 0 Å². The van der Waals surface area contributed by atoms with E-state index in [1.807, 2.05) is 13.8 Å². The zero-order chi connectivity index (χ0) is 21.3. The van der Waals surface area contributed by atoms with Crippen LogP contribution in [-0.4, -0.2) is 31.1 Å². The molecule has 8 heteroatoms. The van der Waals surface area contributed by atoms with E-state index in [9.17, 15) is 17.8 Å². The molecule has 0 aromatic rings. The predicted octanol–water partition coefficient (Wildman–Crippen LogP) is 2.66. The van der Waals surface area contributed by atoms with Gasteiger partial charge in [-0.15, -0.1) is 0 Å². The molecule has 0 amide bonds. The van der Waals surface area contributed by atoms with Gasteiger partial charge in [0.15, 0.2) is 0 Å². The Hall–Kier alpha value is 0.340. The van der Waals surface area contributed by atoms with E-state index in [4.69, 9.17) is 8.92 Å². The number of unbranched alkanes of at least 4 members (excludes halogenated alkanes) is 10. The zero-order valence-electron chi connectivity index (χ0n) is 19.1. The molecule has 168 valence electrons. The second-order valence-electron chi connectivity index (χ2n) is 7.88. The average Bonchev–Trinajstić information content (AvgIpc) is 2.58. The Balaban J connectivity index is 0. The first kappa shape index (κ1) is 31.5. The van der Waals surface area contributed by atoms with Gasteiger partial charge in [-0.25, -0.2) is 8.42 Å². The first-order valence-electron chi connectivity index (χ1n) is 11.1. The minimum atomic E-state index is -4.64. The van der Waals surface area contributed by atoms with Gasteiger partial charge in [-0.3, -0.25) is 8.98 Å². The monoisotopic (exact) mass is 444 g/mol. The summed E-state index contributed by atoms with van der Waals surface area (Å²) < 4.78 is 42.6. The summed E-state index contributed by atoms with van der Waals surface area (Å²) in [5.74, 6) is -0.136. The molecule has 6 nitrogen and oxygen atoms in total. The minimum Gasteiger partial charge on any atom is -0.726 e. The van der Waals surface area contributed by atoms with Crippen LogP contribution in [0.25, 0.3) is 0 Å². The fourth-order valence-electron chi connectivity index (χ4n) is 3.23. The molecule has 0 rings (SSSR count). The van der Waals surface area contributed by atoms with E-state index in [1.165, 1.54) is 19.3 Å². The van der Waals surface area contributed by atoms with Crippen molar-refractivity contribution in [1.82, 2.24) is 0 Å². The maximum atomic E-state index is 11.4. The summed E-state index contributed by atoms with van der Waals surface area (Å²) in [5, 5.41) is 0. The summed E-state index contributed by atoms with van der Waals surface area (Å²) in [7, 11) is -4.64. The molecule has 0 aliphatic carbocycles. The van der Waals surface area contributed by atoms with Crippen molar-refractivity contribution in [2.45, 2.75) is 129 Å². The molecule has 1 atom stereocenters. The van der Waals surface area contributed by atoms with Crippen molar-refractivity contribution in [3.63, 3.8) is 0 Å². The third-order valence-electron chi connectivity index (χ3n) is 4.66. The van der Waals surface area contributed by atoms with E-state index < -0.39 is 16.5 Å². The number of hydrogen-bond acceptors (Lipinski definition) is 6. The Bertz CT molecular complexity index is 482. The van der Waals surface area contributed by atoms with Crippen LogP contribution in [0.15, 0.2) is 0 Å². The fourth-order valence-corrected chi connectivity index (χ4v) is 3.76. The van der Waals surface area contributed by atoms with E-state index in [0.717, 1.165) is 57.8 Å². The molecular formula is C21H41NaO6S. The van der Waals surface area contributed by atoms with E-state index in [1.54, 1.807) is 0 Å². The summed E-state index contributed by atoms with van der Waals surface area (Å²) in [6.07, 6.45) is 13.6. The number of carbonyl (C=O) groups excluding carboxylic acids is 1. The van der Waals surface area contributed by atoms with Gasteiger partial charge in [-0.05, 0) is 33.1 Å². The van der Waals surface area contributed by atoms with Crippen LogP contribution in [0.4, 0.5) is 0 Å². The van der Waals surface area contributed by atoms with E-state index >= 15 is 0 Å². The SMILES string of the molecule is CCCCCCCCC(CCCCCCCCC(=O)OC(C)C)OS(=O)(=O)[O-].[Na+]. The summed E-state index contributed by atoms with van der Waals surface area (Å²) >= 11 is 0. The number of ether oxygens (including phenoxy) is 1. The van der Waals surface area contributed by atoms with E-state index in [-0.39, 0.29) is 41.6 Å². The predicted molar refractivity (Wildman–Crippen MR) is 111 cm³/mol. The first-order chi connectivity index (χ1) is 13.2. The van der Waals surface area contributed by atoms with Gasteiger partial charge in [0.1, 0.15) is 0 Å². The summed E-state index contributed by atoms with van der Waals surface area (Å²) in [6, 6.07) is 0. The normalized spacial score (nSPS) is 12.6. The van der Waals surface area contributed by atoms with Crippen molar-refractivity contribution >= 4 is 16.4 Å². The Kier molecular flexibility index (Phi) is 22.0. The molecule has 0 aromatic heterocycles. The van der Waals surface area contributed by atoms with Gasteiger partial charge in [0.25, 0.3) is 0 Å². The Labute approximate surface area is 201 Å². The Morgan fingerprint density at radius 2 is 1.28 bits per heavy atom. The molecule has 0 radical (unpaired) electrons. The smallest absolute Gasteiger partial charge is 0.726 e. The number of esters is 1. The standard InChI is InChI=1S/C21H42O6S.Na/c1-4-5-6-7-10-13-16-20(27-28(23,24)25)17-14-11-8-9-12-15-18-21(22)26-19(2)3;/h19-20H,4-18H2,1-3H3,(H,23,24,25);/q;+1/p-1. The van der Waals surface area contributed by atoms with Gasteiger partial charge in [0.05, 0.1) is 12.2 Å². The maximum absolute atomic E-state index is 11.4. The topological polar surface area (TPSA) is 92.7 Å². The van der Waals surface area contributed by atoms with Crippen molar-refractivity contribution in [3.05, 3.63) is 0 Å². The first-order valence-corrected chi connectivity index (χ1v) is 12.4. The van der Waals surface area contributed by atoms with Crippen molar-refractivity contribution in [2.75, 3.05) is 0 Å². The second-order valence-corrected chi connectivity index (χ2v) is 8.89. The third-order valence-corrected chi connectivity index (χ3v) is 5.17. The van der Waals surface area contributed by atoms with Gasteiger partial charge in [-0.1, -0.05) is 77.6 Å². The Morgan fingerprint density at radius 3 is 1.72 bits per heavy atom. The molecule has 0 spiro atoms. The summed E-state index contributed by atoms with van der Waals surface area (Å²) in [4.78, 5) is 11.4. The number of hydrogen-bond donors (Lipinski definition) is 0. The molecule has 0 bridgehead atoms. The molecule has 0 aliphatic heterocycles. The van der Waals surface area contributed by atoms with Crippen LogP contribution in [0, 0.1) is 0 Å². The van der Waals surface area contributed by atoms with Crippen LogP contribution in [0.1, 0.15) is 117 Å². The fraction of sp³-hybridized carbons (Fsp3) is 0.952. The van der Waals surface area contributed by atoms with E-state index in [2.05, 4.69) is 6.92 Å². The largest absolute Gasteiger partial charge is 1.00 e. The molecule has 0 N–H and O–H groups in total. The zero-order valence-corrected chi connectivity index (χ0v) is 21.9. The van der Waals surface area contributed by atoms with Crippen LogP contribution in [0.5, 0.6) is 0 Å². The number of rotatable bonds is 19. The van der Waals surface area contributed by atoms with Gasteiger partial charge >= 0.3 is 35.5 Å². The van der Waals surface area contributed by atoms with Crippen LogP contribution >= 0.6 is 0 Å². The molecule has 0 heterocycles. The molecule has 29 heavy (non-hydrogen) atoms. The van der Waals surface area contributed by atoms with Crippen molar-refractivity contribution in [3.8, 4) is 0 Å². The van der Waals surface area contributed by atoms with Crippen LogP contribution < -0.4 is 29.6 Å². The van der Waals surface area contributed by atoms with Crippen molar-refractivity contribution in [2.24, 2.45) is 0 Å². The Morgan fingerprint density at radius 1 is 0.828 bits per heavy atom. The average molecular weight is 445 g/mol. The van der Waals surface area contributed by atoms with Crippen LogP contribution in [-0.2, 0) is 24.1 Å². The van der Waals surface area contributed by atoms with Crippen LogP contribution in [0.2, 0.25) is 0 Å². The van der Waals surface area contributed by atoms with Gasteiger partial charge in [-0.2, -0.15) is 0 Å². The molecule has 0 aliphatic rings. The molecule has 0 saturated carbocycles. The molecule has 0 fully saturated rings. The minimum absolute atomic E-state index is 0.